The highest BCUT2D eigenvalue weighted by atomic mass is 32.2. The molecule has 0 radical (unpaired) electrons. The number of benzene rings is 2. The van der Waals surface area contributed by atoms with E-state index in [0.717, 1.165) is 27.4 Å². The minimum absolute atomic E-state index is 0.212. The van der Waals surface area contributed by atoms with Gasteiger partial charge in [-0.25, -0.2) is 13.2 Å². The Labute approximate surface area is 179 Å². The highest BCUT2D eigenvalue weighted by Gasteiger charge is 2.32. The topological polar surface area (TPSA) is 109 Å². The van der Waals surface area contributed by atoms with E-state index in [-0.39, 0.29) is 5.75 Å². The van der Waals surface area contributed by atoms with Gasteiger partial charge in [0.05, 0.1) is 29.1 Å². The summed E-state index contributed by atoms with van der Waals surface area (Å²) < 4.78 is 29.1. The first-order chi connectivity index (χ1) is 14.7. The SMILES string of the molecule is Cc1ccc(N(C(=O)COC(=O)c2ccc3[nH]ncc3c2)C2C=CS(=O)(=O)C2)cc1C. The zero-order valence-electron chi connectivity index (χ0n) is 17.0. The van der Waals surface area contributed by atoms with E-state index < -0.39 is 34.4 Å². The minimum atomic E-state index is -3.38. The Morgan fingerprint density at radius 1 is 1.16 bits per heavy atom. The normalized spacial score (nSPS) is 17.0. The molecule has 1 amide bonds. The average Bonchev–Trinajstić information content (AvgIpc) is 3.34. The number of aromatic amines is 1. The number of hydrogen-bond acceptors (Lipinski definition) is 6. The first-order valence-corrected chi connectivity index (χ1v) is 11.4. The smallest absolute Gasteiger partial charge is 0.338 e. The van der Waals surface area contributed by atoms with Crippen molar-refractivity contribution in [1.82, 2.24) is 10.2 Å². The number of aryl methyl sites for hydroxylation is 2. The van der Waals surface area contributed by atoms with Crippen LogP contribution >= 0.6 is 0 Å². The highest BCUT2D eigenvalue weighted by Crippen LogP contribution is 2.25. The van der Waals surface area contributed by atoms with Crippen LogP contribution in [0, 0.1) is 13.8 Å². The van der Waals surface area contributed by atoms with Crippen LogP contribution < -0.4 is 4.90 Å². The molecular formula is C22H21N3O5S. The van der Waals surface area contributed by atoms with E-state index in [4.69, 9.17) is 4.74 Å². The molecular weight excluding hydrogens is 418 g/mol. The number of aromatic nitrogens is 2. The predicted octanol–water partition coefficient (Wildman–Crippen LogP) is 2.68. The quantitative estimate of drug-likeness (QED) is 0.612. The molecule has 160 valence electrons. The van der Waals surface area contributed by atoms with Crippen LogP contribution in [0.5, 0.6) is 0 Å². The molecule has 4 rings (SSSR count). The lowest BCUT2D eigenvalue weighted by Gasteiger charge is -2.28. The molecule has 3 aromatic rings. The number of rotatable bonds is 5. The van der Waals surface area contributed by atoms with Gasteiger partial charge in [-0.2, -0.15) is 5.10 Å². The summed E-state index contributed by atoms with van der Waals surface area (Å²) in [5, 5.41) is 8.57. The molecule has 0 saturated carbocycles. The summed E-state index contributed by atoms with van der Waals surface area (Å²) in [6, 6.07) is 9.69. The summed E-state index contributed by atoms with van der Waals surface area (Å²) >= 11 is 0. The third-order valence-corrected chi connectivity index (χ3v) is 6.66. The maximum Gasteiger partial charge on any atom is 0.338 e. The fourth-order valence-corrected chi connectivity index (χ4v) is 4.73. The number of carbonyl (C=O) groups is 2. The van der Waals surface area contributed by atoms with Crippen LogP contribution in [0.4, 0.5) is 5.69 Å². The molecule has 0 bridgehead atoms. The number of carbonyl (C=O) groups excluding carboxylic acids is 2. The Morgan fingerprint density at radius 2 is 1.97 bits per heavy atom. The Kier molecular flexibility index (Phi) is 5.36. The molecule has 1 atom stereocenters. The lowest BCUT2D eigenvalue weighted by Crippen LogP contribution is -2.43. The number of nitrogens with one attached hydrogen (secondary N) is 1. The zero-order chi connectivity index (χ0) is 22.2. The molecule has 1 aromatic heterocycles. The van der Waals surface area contributed by atoms with Crippen molar-refractivity contribution in [3.05, 3.63) is 70.8 Å². The molecule has 8 nitrogen and oxygen atoms in total. The fourth-order valence-electron chi connectivity index (χ4n) is 3.47. The van der Waals surface area contributed by atoms with Crippen LogP contribution in [-0.2, 0) is 19.4 Å². The standard InChI is InChI=1S/C22H21N3O5S/c1-14-3-5-18(9-15(14)2)25(19-7-8-31(28,29)13-19)21(26)12-30-22(27)16-4-6-20-17(10-16)11-23-24-20/h3-11,19H,12-13H2,1-2H3,(H,23,24). The van der Waals surface area contributed by atoms with Crippen molar-refractivity contribution in [2.45, 2.75) is 19.9 Å². The van der Waals surface area contributed by atoms with E-state index in [0.29, 0.717) is 11.3 Å². The van der Waals surface area contributed by atoms with Crippen molar-refractivity contribution < 1.29 is 22.7 Å². The van der Waals surface area contributed by atoms with E-state index >= 15 is 0 Å². The summed E-state index contributed by atoms with van der Waals surface area (Å²) in [4.78, 5) is 26.9. The molecule has 0 fully saturated rings. The van der Waals surface area contributed by atoms with Crippen LogP contribution in [0.2, 0.25) is 0 Å². The van der Waals surface area contributed by atoms with E-state index in [9.17, 15) is 18.0 Å². The van der Waals surface area contributed by atoms with Gasteiger partial charge in [-0.1, -0.05) is 6.07 Å². The van der Waals surface area contributed by atoms with Gasteiger partial charge in [0.15, 0.2) is 16.4 Å². The van der Waals surface area contributed by atoms with Gasteiger partial charge in [-0.05, 0) is 61.4 Å². The molecule has 2 aromatic carbocycles. The molecule has 0 saturated heterocycles. The Morgan fingerprint density at radius 3 is 2.68 bits per heavy atom. The molecule has 1 unspecified atom stereocenters. The number of esters is 1. The lowest BCUT2D eigenvalue weighted by molar-refractivity contribution is -0.121. The molecule has 1 aliphatic heterocycles. The summed E-state index contributed by atoms with van der Waals surface area (Å²) in [6.45, 7) is 3.35. The number of H-pyrrole nitrogens is 1. The number of anilines is 1. The summed E-state index contributed by atoms with van der Waals surface area (Å²) in [6.07, 6.45) is 3.07. The highest BCUT2D eigenvalue weighted by molar-refractivity contribution is 7.94. The zero-order valence-corrected chi connectivity index (χ0v) is 17.8. The lowest BCUT2D eigenvalue weighted by atomic mass is 10.1. The van der Waals surface area contributed by atoms with Crippen LogP contribution in [0.25, 0.3) is 10.9 Å². The van der Waals surface area contributed by atoms with Gasteiger partial charge in [-0.15, -0.1) is 0 Å². The molecule has 0 spiro atoms. The van der Waals surface area contributed by atoms with E-state index in [1.54, 1.807) is 30.5 Å². The number of fused-ring (bicyclic) bond motifs is 1. The molecule has 1 aliphatic rings. The number of sulfone groups is 1. The molecule has 2 heterocycles. The van der Waals surface area contributed by atoms with Gasteiger partial charge in [-0.3, -0.25) is 9.89 Å². The van der Waals surface area contributed by atoms with Crippen LogP contribution in [0.3, 0.4) is 0 Å². The van der Waals surface area contributed by atoms with E-state index in [1.807, 2.05) is 26.0 Å². The Balaban J connectivity index is 1.54. The second-order valence-electron chi connectivity index (χ2n) is 7.51. The number of amides is 1. The van der Waals surface area contributed by atoms with Crippen molar-refractivity contribution in [3.63, 3.8) is 0 Å². The van der Waals surface area contributed by atoms with Gasteiger partial charge in [0.1, 0.15) is 0 Å². The third kappa shape index (κ3) is 4.36. The predicted molar refractivity (Wildman–Crippen MR) is 116 cm³/mol. The number of hydrogen-bond donors (Lipinski definition) is 1. The van der Waals surface area contributed by atoms with Crippen molar-refractivity contribution in [2.75, 3.05) is 17.3 Å². The molecule has 31 heavy (non-hydrogen) atoms. The maximum absolute atomic E-state index is 13.0. The van der Waals surface area contributed by atoms with Gasteiger partial charge in [0.25, 0.3) is 5.91 Å². The largest absolute Gasteiger partial charge is 0.452 e. The molecule has 0 aliphatic carbocycles. The monoisotopic (exact) mass is 439 g/mol. The Bertz CT molecular complexity index is 1310. The van der Waals surface area contributed by atoms with Gasteiger partial charge in [0.2, 0.25) is 0 Å². The van der Waals surface area contributed by atoms with Crippen LogP contribution in [0.15, 0.2) is 54.1 Å². The molecule has 9 heteroatoms. The van der Waals surface area contributed by atoms with E-state index in [1.165, 1.54) is 11.0 Å². The van der Waals surface area contributed by atoms with E-state index in [2.05, 4.69) is 10.2 Å². The van der Waals surface area contributed by atoms with Crippen molar-refractivity contribution in [1.29, 1.82) is 0 Å². The van der Waals surface area contributed by atoms with Crippen molar-refractivity contribution in [2.24, 2.45) is 0 Å². The minimum Gasteiger partial charge on any atom is -0.452 e. The fraction of sp³-hybridized carbons (Fsp3) is 0.227. The van der Waals surface area contributed by atoms with Crippen LogP contribution in [-0.4, -0.2) is 48.9 Å². The third-order valence-electron chi connectivity index (χ3n) is 5.28. The van der Waals surface area contributed by atoms with Gasteiger partial charge < -0.3 is 9.64 Å². The number of nitrogens with zero attached hydrogens (tertiary/aromatic N) is 2. The average molecular weight is 439 g/mol. The number of ether oxygens (including phenoxy) is 1. The summed E-state index contributed by atoms with van der Waals surface area (Å²) in [5.74, 6) is -1.37. The summed E-state index contributed by atoms with van der Waals surface area (Å²) in [7, 11) is -3.38. The van der Waals surface area contributed by atoms with Crippen molar-refractivity contribution in [3.8, 4) is 0 Å². The van der Waals surface area contributed by atoms with Crippen LogP contribution in [0.1, 0.15) is 21.5 Å². The van der Waals surface area contributed by atoms with Gasteiger partial charge in [0, 0.05) is 16.5 Å². The summed E-state index contributed by atoms with van der Waals surface area (Å²) in [5.41, 5.74) is 3.64. The Hall–Kier alpha value is -3.46. The second kappa shape index (κ2) is 7.99. The second-order valence-corrected chi connectivity index (χ2v) is 9.44. The first-order valence-electron chi connectivity index (χ1n) is 9.64. The maximum atomic E-state index is 13.0. The molecule has 1 N–H and O–H groups in total. The first kappa shape index (κ1) is 20.8. The van der Waals surface area contributed by atoms with Gasteiger partial charge >= 0.3 is 5.97 Å². The van der Waals surface area contributed by atoms with Crippen molar-refractivity contribution >= 4 is 38.3 Å².